The molecule has 6 nitrogen and oxygen atoms in total. The molecule has 29 heavy (non-hydrogen) atoms. The van der Waals surface area contributed by atoms with E-state index in [9.17, 15) is 9.59 Å². The van der Waals surface area contributed by atoms with E-state index in [-0.39, 0.29) is 17.0 Å². The number of rotatable bonds is 6. The van der Waals surface area contributed by atoms with Crippen LogP contribution < -0.4 is 20.2 Å². The number of aryl methyl sites for hydroxylation is 2. The lowest BCUT2D eigenvalue weighted by molar-refractivity contribution is 0.0938. The van der Waals surface area contributed by atoms with E-state index in [4.69, 9.17) is 9.47 Å². The maximum Gasteiger partial charge on any atom is 0.257 e. The molecule has 6 heteroatoms. The Morgan fingerprint density at radius 3 is 2.48 bits per heavy atom. The summed E-state index contributed by atoms with van der Waals surface area (Å²) in [5.74, 6) is 0.800. The Kier molecular flexibility index (Phi) is 5.92. The molecular formula is C23H26N2O4. The number of fused-ring (bicyclic) bond motifs is 1. The van der Waals surface area contributed by atoms with Crippen molar-refractivity contribution in [2.45, 2.75) is 33.4 Å². The van der Waals surface area contributed by atoms with Crippen LogP contribution in [0.25, 0.3) is 10.9 Å². The number of amides is 1. The number of carbonyl (C=O) groups is 1. The zero-order valence-corrected chi connectivity index (χ0v) is 17.4. The van der Waals surface area contributed by atoms with Crippen LogP contribution in [-0.4, -0.2) is 24.7 Å². The molecule has 0 aliphatic heterocycles. The molecule has 0 radical (unpaired) electrons. The van der Waals surface area contributed by atoms with Crippen LogP contribution in [0, 0.1) is 6.92 Å². The zero-order chi connectivity index (χ0) is 21.1. The number of hydrogen-bond acceptors (Lipinski definition) is 4. The number of methoxy groups -OCH3 is 2. The van der Waals surface area contributed by atoms with Crippen molar-refractivity contribution in [3.05, 3.63) is 69.5 Å². The third-order valence-electron chi connectivity index (χ3n) is 5.08. The van der Waals surface area contributed by atoms with Gasteiger partial charge in [-0.25, -0.2) is 0 Å². The summed E-state index contributed by atoms with van der Waals surface area (Å²) >= 11 is 0. The first-order chi connectivity index (χ1) is 13.9. The molecule has 0 fully saturated rings. The van der Waals surface area contributed by atoms with Gasteiger partial charge >= 0.3 is 0 Å². The van der Waals surface area contributed by atoms with Crippen molar-refractivity contribution < 1.29 is 14.3 Å². The maximum absolute atomic E-state index is 13.0. The van der Waals surface area contributed by atoms with E-state index in [1.807, 2.05) is 55.7 Å². The molecule has 0 aliphatic carbocycles. The minimum atomic E-state index is -0.400. The Morgan fingerprint density at radius 1 is 1.10 bits per heavy atom. The second-order valence-corrected chi connectivity index (χ2v) is 6.99. The van der Waals surface area contributed by atoms with Crippen LogP contribution in [0.5, 0.6) is 11.5 Å². The van der Waals surface area contributed by atoms with Crippen molar-refractivity contribution in [1.82, 2.24) is 9.88 Å². The van der Waals surface area contributed by atoms with Crippen LogP contribution in [0.2, 0.25) is 0 Å². The number of pyridine rings is 1. The van der Waals surface area contributed by atoms with Gasteiger partial charge in [0.2, 0.25) is 5.43 Å². The number of nitrogens with zero attached hydrogens (tertiary/aromatic N) is 1. The van der Waals surface area contributed by atoms with E-state index in [1.54, 1.807) is 26.5 Å². The second kappa shape index (κ2) is 8.39. The molecule has 152 valence electrons. The fourth-order valence-electron chi connectivity index (χ4n) is 3.41. The van der Waals surface area contributed by atoms with Crippen LogP contribution in [0.3, 0.4) is 0 Å². The average molecular weight is 394 g/mol. The summed E-state index contributed by atoms with van der Waals surface area (Å²) in [5.41, 5.74) is 2.53. The topological polar surface area (TPSA) is 69.6 Å². The van der Waals surface area contributed by atoms with Crippen molar-refractivity contribution in [1.29, 1.82) is 0 Å². The Balaban J connectivity index is 1.96. The number of ether oxygens (including phenoxy) is 2. The van der Waals surface area contributed by atoms with Crippen molar-refractivity contribution in [2.24, 2.45) is 0 Å². The number of aromatic nitrogens is 1. The van der Waals surface area contributed by atoms with Gasteiger partial charge in [-0.2, -0.15) is 0 Å². The first-order valence-electron chi connectivity index (χ1n) is 9.56. The van der Waals surface area contributed by atoms with Gasteiger partial charge in [0.15, 0.2) is 11.5 Å². The van der Waals surface area contributed by atoms with Gasteiger partial charge in [0.05, 0.1) is 25.8 Å². The summed E-state index contributed by atoms with van der Waals surface area (Å²) in [6.45, 7) is 6.44. The molecule has 1 aromatic heterocycles. The fraction of sp³-hybridized carbons (Fsp3) is 0.304. The summed E-state index contributed by atoms with van der Waals surface area (Å²) in [6.07, 6.45) is 1.64. The first-order valence-corrected chi connectivity index (χ1v) is 9.56. The summed E-state index contributed by atoms with van der Waals surface area (Å²) in [4.78, 5) is 25.9. The molecule has 1 atom stereocenters. The summed E-state index contributed by atoms with van der Waals surface area (Å²) in [5, 5.41) is 3.48. The Morgan fingerprint density at radius 2 is 1.83 bits per heavy atom. The van der Waals surface area contributed by atoms with Crippen LogP contribution in [0.15, 0.2) is 47.4 Å². The molecule has 0 aliphatic rings. The predicted molar refractivity (Wildman–Crippen MR) is 114 cm³/mol. The highest BCUT2D eigenvalue weighted by Crippen LogP contribution is 2.30. The molecule has 0 spiro atoms. The highest BCUT2D eigenvalue weighted by atomic mass is 16.5. The molecule has 1 heterocycles. The van der Waals surface area contributed by atoms with Crippen LogP contribution in [0.1, 0.15) is 41.4 Å². The van der Waals surface area contributed by atoms with Crippen LogP contribution >= 0.6 is 0 Å². The molecule has 3 aromatic rings. The van der Waals surface area contributed by atoms with Crippen LogP contribution in [0.4, 0.5) is 0 Å². The molecular weight excluding hydrogens is 368 g/mol. The largest absolute Gasteiger partial charge is 0.493 e. The number of benzene rings is 2. The molecule has 3 rings (SSSR count). The Bertz CT molecular complexity index is 1120. The predicted octanol–water partition coefficient (Wildman–Crippen LogP) is 3.84. The van der Waals surface area contributed by atoms with Gasteiger partial charge in [0, 0.05) is 18.1 Å². The quantitative estimate of drug-likeness (QED) is 0.690. The lowest BCUT2D eigenvalue weighted by Gasteiger charge is -2.17. The zero-order valence-electron chi connectivity index (χ0n) is 17.4. The average Bonchev–Trinajstić information content (AvgIpc) is 2.73. The van der Waals surface area contributed by atoms with Crippen molar-refractivity contribution in [3.8, 4) is 11.5 Å². The standard InChI is InChI=1S/C23H26N2O4/c1-6-25-13-18(22(26)17-11-14(2)7-9-19(17)25)23(27)24-15(3)16-8-10-20(28-4)21(12-16)29-5/h7-13,15H,6H2,1-5H3,(H,24,27)/t15-/m0/s1. The SMILES string of the molecule is CCn1cc(C(=O)N[C@@H](C)c2ccc(OC)c(OC)c2)c(=O)c2cc(C)ccc21. The molecule has 1 amide bonds. The van der Waals surface area contributed by atoms with Gasteiger partial charge in [-0.3, -0.25) is 9.59 Å². The van der Waals surface area contributed by atoms with Crippen molar-refractivity contribution in [2.75, 3.05) is 14.2 Å². The maximum atomic E-state index is 13.0. The van der Waals surface area contributed by atoms with Crippen LogP contribution in [-0.2, 0) is 6.54 Å². The second-order valence-electron chi connectivity index (χ2n) is 6.99. The summed E-state index contributed by atoms with van der Waals surface area (Å²) < 4.78 is 12.5. The number of nitrogens with one attached hydrogen (secondary N) is 1. The smallest absolute Gasteiger partial charge is 0.257 e. The van der Waals surface area contributed by atoms with E-state index in [0.717, 1.165) is 16.6 Å². The van der Waals surface area contributed by atoms with E-state index in [1.165, 1.54) is 0 Å². The monoisotopic (exact) mass is 394 g/mol. The Hall–Kier alpha value is -3.28. The van der Waals surface area contributed by atoms with E-state index < -0.39 is 5.91 Å². The summed E-state index contributed by atoms with van der Waals surface area (Å²) in [6, 6.07) is 10.9. The Labute approximate surface area is 170 Å². The molecule has 0 saturated carbocycles. The minimum absolute atomic E-state index is 0.136. The first kappa shape index (κ1) is 20.5. The third-order valence-corrected chi connectivity index (χ3v) is 5.08. The van der Waals surface area contributed by atoms with E-state index in [2.05, 4.69) is 5.32 Å². The highest BCUT2D eigenvalue weighted by Gasteiger charge is 2.18. The van der Waals surface area contributed by atoms with E-state index >= 15 is 0 Å². The third kappa shape index (κ3) is 3.97. The molecule has 0 unspecified atom stereocenters. The lowest BCUT2D eigenvalue weighted by atomic mass is 10.1. The molecule has 0 bridgehead atoms. The van der Waals surface area contributed by atoms with Gasteiger partial charge in [0.25, 0.3) is 5.91 Å². The van der Waals surface area contributed by atoms with Gasteiger partial charge in [0.1, 0.15) is 5.56 Å². The highest BCUT2D eigenvalue weighted by molar-refractivity contribution is 5.97. The summed E-state index contributed by atoms with van der Waals surface area (Å²) in [7, 11) is 3.14. The van der Waals surface area contributed by atoms with E-state index in [0.29, 0.717) is 23.4 Å². The van der Waals surface area contributed by atoms with Crippen molar-refractivity contribution >= 4 is 16.8 Å². The minimum Gasteiger partial charge on any atom is -0.493 e. The number of carbonyl (C=O) groups excluding carboxylic acids is 1. The van der Waals surface area contributed by atoms with Gasteiger partial charge in [-0.05, 0) is 50.6 Å². The van der Waals surface area contributed by atoms with Gasteiger partial charge in [-0.15, -0.1) is 0 Å². The fourth-order valence-corrected chi connectivity index (χ4v) is 3.41. The number of hydrogen-bond donors (Lipinski definition) is 1. The normalized spacial score (nSPS) is 11.9. The molecule has 2 aromatic carbocycles. The van der Waals surface area contributed by atoms with Gasteiger partial charge in [-0.1, -0.05) is 17.7 Å². The molecule has 0 saturated heterocycles. The molecule has 1 N–H and O–H groups in total. The van der Waals surface area contributed by atoms with Gasteiger partial charge < -0.3 is 19.4 Å². The van der Waals surface area contributed by atoms with Crippen molar-refractivity contribution in [3.63, 3.8) is 0 Å². The lowest BCUT2D eigenvalue weighted by Crippen LogP contribution is -2.31.